The van der Waals surface area contributed by atoms with Gasteiger partial charge in [-0.15, -0.1) is 0 Å². The molecule has 2 N–H and O–H groups in total. The molecule has 0 spiro atoms. The van der Waals surface area contributed by atoms with Crippen LogP contribution in [0.1, 0.15) is 13.3 Å². The Labute approximate surface area is 198 Å². The van der Waals surface area contributed by atoms with Gasteiger partial charge in [-0.3, -0.25) is 9.59 Å². The first-order chi connectivity index (χ1) is 16.6. The number of morpholine rings is 1. The molecule has 0 aliphatic carbocycles. The second kappa shape index (κ2) is 11.2. The summed E-state index contributed by atoms with van der Waals surface area (Å²) in [5.41, 5.74) is 4.26. The lowest BCUT2D eigenvalue weighted by molar-refractivity contribution is -0.145. The topological polar surface area (TPSA) is 106 Å². The zero-order valence-electron chi connectivity index (χ0n) is 19.0. The molecule has 176 valence electrons. The van der Waals surface area contributed by atoms with Crippen LogP contribution in [0.2, 0.25) is 0 Å². The largest absolute Gasteiger partial charge is 0.466 e. The predicted octanol–water partition coefficient (Wildman–Crippen LogP) is 3.62. The van der Waals surface area contributed by atoms with E-state index in [0.29, 0.717) is 11.6 Å². The van der Waals surface area contributed by atoms with Crippen molar-refractivity contribution in [1.82, 2.24) is 9.97 Å². The summed E-state index contributed by atoms with van der Waals surface area (Å²) in [7, 11) is 0. The van der Waals surface area contributed by atoms with Gasteiger partial charge < -0.3 is 25.0 Å². The molecule has 4 rings (SSSR count). The molecule has 0 atom stereocenters. The Kier molecular flexibility index (Phi) is 7.67. The molecule has 1 saturated heterocycles. The van der Waals surface area contributed by atoms with E-state index in [0.717, 1.165) is 48.9 Å². The standard InChI is InChI=1S/C25H27N5O4/c1-2-34-24(32)17-23(31)27-19-5-3-18(4-6-19)22-11-12-26-25(29-22)28-20-7-9-21(10-8-20)30-13-15-33-16-14-30/h3-12H,2,13-17H2,1H3,(H,27,31)(H,26,28,29). The number of ether oxygens (including phenoxy) is 2. The van der Waals surface area contributed by atoms with E-state index in [1.54, 1.807) is 25.3 Å². The van der Waals surface area contributed by atoms with Crippen LogP contribution in [-0.4, -0.2) is 54.8 Å². The Morgan fingerprint density at radius 1 is 1.00 bits per heavy atom. The number of esters is 1. The van der Waals surface area contributed by atoms with Gasteiger partial charge in [-0.05, 0) is 49.4 Å². The van der Waals surface area contributed by atoms with Crippen molar-refractivity contribution in [3.05, 3.63) is 60.8 Å². The summed E-state index contributed by atoms with van der Waals surface area (Å²) >= 11 is 0. The van der Waals surface area contributed by atoms with Crippen molar-refractivity contribution < 1.29 is 19.1 Å². The second-order valence-electron chi connectivity index (χ2n) is 7.64. The number of hydrogen-bond donors (Lipinski definition) is 2. The number of nitrogens with zero attached hydrogens (tertiary/aromatic N) is 3. The number of amides is 1. The number of benzene rings is 2. The summed E-state index contributed by atoms with van der Waals surface area (Å²) in [5, 5.41) is 5.93. The molecule has 3 aromatic rings. The highest BCUT2D eigenvalue weighted by Crippen LogP contribution is 2.23. The second-order valence-corrected chi connectivity index (χ2v) is 7.64. The Balaban J connectivity index is 1.37. The SMILES string of the molecule is CCOC(=O)CC(=O)Nc1ccc(-c2ccnc(Nc3ccc(N4CCOCC4)cc3)n2)cc1. The van der Waals surface area contributed by atoms with E-state index in [1.807, 2.05) is 30.3 Å². The van der Waals surface area contributed by atoms with Gasteiger partial charge in [0.25, 0.3) is 0 Å². The van der Waals surface area contributed by atoms with Crippen molar-refractivity contribution in [3.63, 3.8) is 0 Å². The third kappa shape index (κ3) is 6.29. The number of hydrogen-bond acceptors (Lipinski definition) is 8. The van der Waals surface area contributed by atoms with E-state index in [-0.39, 0.29) is 13.0 Å². The lowest BCUT2D eigenvalue weighted by atomic mass is 10.1. The summed E-state index contributed by atoms with van der Waals surface area (Å²) < 4.78 is 10.2. The van der Waals surface area contributed by atoms with Crippen LogP contribution in [0.4, 0.5) is 23.0 Å². The minimum Gasteiger partial charge on any atom is -0.466 e. The fraction of sp³-hybridized carbons (Fsp3) is 0.280. The van der Waals surface area contributed by atoms with Crippen LogP contribution >= 0.6 is 0 Å². The van der Waals surface area contributed by atoms with Crippen LogP contribution in [0.3, 0.4) is 0 Å². The molecule has 0 bridgehead atoms. The summed E-state index contributed by atoms with van der Waals surface area (Å²) in [4.78, 5) is 34.6. The highest BCUT2D eigenvalue weighted by atomic mass is 16.5. The maximum absolute atomic E-state index is 11.9. The summed E-state index contributed by atoms with van der Waals surface area (Å²) in [6.07, 6.45) is 1.38. The van der Waals surface area contributed by atoms with Gasteiger partial charge in [0.15, 0.2) is 0 Å². The average Bonchev–Trinajstić information content (AvgIpc) is 2.86. The number of nitrogens with one attached hydrogen (secondary N) is 2. The average molecular weight is 462 g/mol. The fourth-order valence-electron chi connectivity index (χ4n) is 3.56. The fourth-order valence-corrected chi connectivity index (χ4v) is 3.56. The quantitative estimate of drug-likeness (QED) is 0.387. The number of aromatic nitrogens is 2. The van der Waals surface area contributed by atoms with E-state index in [4.69, 9.17) is 9.47 Å². The van der Waals surface area contributed by atoms with E-state index >= 15 is 0 Å². The molecule has 1 fully saturated rings. The maximum Gasteiger partial charge on any atom is 0.315 e. The lowest BCUT2D eigenvalue weighted by Gasteiger charge is -2.28. The molecule has 2 aromatic carbocycles. The first kappa shape index (κ1) is 23.2. The number of anilines is 4. The van der Waals surface area contributed by atoms with Crippen LogP contribution in [0.5, 0.6) is 0 Å². The summed E-state index contributed by atoms with van der Waals surface area (Å²) in [6.45, 7) is 5.24. The molecule has 9 heteroatoms. The molecular weight excluding hydrogens is 434 g/mol. The van der Waals surface area contributed by atoms with Gasteiger partial charge in [-0.25, -0.2) is 9.97 Å². The minimum atomic E-state index is -0.548. The highest BCUT2D eigenvalue weighted by molar-refractivity contribution is 6.01. The van der Waals surface area contributed by atoms with Crippen molar-refractivity contribution in [2.45, 2.75) is 13.3 Å². The molecule has 34 heavy (non-hydrogen) atoms. The minimum absolute atomic E-state index is 0.246. The third-order valence-corrected chi connectivity index (χ3v) is 5.23. The van der Waals surface area contributed by atoms with Crippen molar-refractivity contribution in [2.75, 3.05) is 48.4 Å². The molecule has 1 aromatic heterocycles. The lowest BCUT2D eigenvalue weighted by Crippen LogP contribution is -2.36. The van der Waals surface area contributed by atoms with Crippen LogP contribution < -0.4 is 15.5 Å². The van der Waals surface area contributed by atoms with Gasteiger partial charge in [-0.1, -0.05) is 12.1 Å². The van der Waals surface area contributed by atoms with Gasteiger partial charge in [-0.2, -0.15) is 0 Å². The molecule has 9 nitrogen and oxygen atoms in total. The van der Waals surface area contributed by atoms with Crippen molar-refractivity contribution >= 4 is 34.9 Å². The maximum atomic E-state index is 11.9. The third-order valence-electron chi connectivity index (χ3n) is 5.23. The zero-order chi connectivity index (χ0) is 23.8. The summed E-state index contributed by atoms with van der Waals surface area (Å²) in [6, 6.07) is 17.2. The first-order valence-electron chi connectivity index (χ1n) is 11.2. The smallest absolute Gasteiger partial charge is 0.315 e. The Hall–Kier alpha value is -3.98. The Bertz CT molecular complexity index is 1110. The summed E-state index contributed by atoms with van der Waals surface area (Å²) in [5.74, 6) is -0.476. The van der Waals surface area contributed by atoms with E-state index in [9.17, 15) is 9.59 Å². The van der Waals surface area contributed by atoms with Crippen molar-refractivity contribution in [1.29, 1.82) is 0 Å². The number of carbonyl (C=O) groups is 2. The molecule has 0 saturated carbocycles. The number of carbonyl (C=O) groups excluding carboxylic acids is 2. The Morgan fingerprint density at radius 2 is 1.71 bits per heavy atom. The predicted molar refractivity (Wildman–Crippen MR) is 130 cm³/mol. The van der Waals surface area contributed by atoms with Crippen LogP contribution in [0, 0.1) is 0 Å². The van der Waals surface area contributed by atoms with Gasteiger partial charge >= 0.3 is 5.97 Å². The molecule has 2 heterocycles. The molecule has 0 unspecified atom stereocenters. The van der Waals surface area contributed by atoms with Gasteiger partial charge in [0.05, 0.1) is 25.5 Å². The molecular formula is C25H27N5O4. The Morgan fingerprint density at radius 3 is 2.41 bits per heavy atom. The first-order valence-corrected chi connectivity index (χ1v) is 11.2. The zero-order valence-corrected chi connectivity index (χ0v) is 19.0. The van der Waals surface area contributed by atoms with Crippen LogP contribution in [-0.2, 0) is 19.1 Å². The van der Waals surface area contributed by atoms with E-state index in [2.05, 4.69) is 37.6 Å². The highest BCUT2D eigenvalue weighted by Gasteiger charge is 2.12. The number of rotatable bonds is 8. The van der Waals surface area contributed by atoms with Gasteiger partial charge in [0.2, 0.25) is 11.9 Å². The molecule has 1 aliphatic heterocycles. The molecule has 0 radical (unpaired) electrons. The normalized spacial score (nSPS) is 13.3. The van der Waals surface area contributed by atoms with Gasteiger partial charge in [0, 0.05) is 41.9 Å². The monoisotopic (exact) mass is 461 g/mol. The van der Waals surface area contributed by atoms with Crippen molar-refractivity contribution in [3.8, 4) is 11.3 Å². The molecule has 1 amide bonds. The van der Waals surface area contributed by atoms with Crippen LogP contribution in [0.15, 0.2) is 60.8 Å². The van der Waals surface area contributed by atoms with Gasteiger partial charge in [0.1, 0.15) is 6.42 Å². The molecule has 1 aliphatic rings. The van der Waals surface area contributed by atoms with E-state index < -0.39 is 11.9 Å². The van der Waals surface area contributed by atoms with Crippen molar-refractivity contribution in [2.24, 2.45) is 0 Å². The van der Waals surface area contributed by atoms with Crippen LogP contribution in [0.25, 0.3) is 11.3 Å². The van der Waals surface area contributed by atoms with E-state index in [1.165, 1.54) is 0 Å².